The number of carbonyl (C=O) groups excluding carboxylic acids is 2. The molecule has 0 bridgehead atoms. The molecule has 1 amide bonds. The summed E-state index contributed by atoms with van der Waals surface area (Å²) >= 11 is 0. The van der Waals surface area contributed by atoms with E-state index in [2.05, 4.69) is 25.3 Å². The van der Waals surface area contributed by atoms with Crippen molar-refractivity contribution in [1.82, 2.24) is 9.97 Å². The molecule has 8 heteroatoms. The average Bonchev–Trinajstić information content (AvgIpc) is 2.74. The van der Waals surface area contributed by atoms with Crippen LogP contribution in [0.2, 0.25) is 0 Å². The van der Waals surface area contributed by atoms with Gasteiger partial charge in [0.25, 0.3) is 5.91 Å². The summed E-state index contributed by atoms with van der Waals surface area (Å²) in [5, 5.41) is 5.76. The quantitative estimate of drug-likeness (QED) is 0.635. The van der Waals surface area contributed by atoms with Gasteiger partial charge in [-0.15, -0.1) is 0 Å². The molecule has 0 aliphatic carbocycles. The molecule has 0 fully saturated rings. The number of benzene rings is 2. The van der Waals surface area contributed by atoms with Crippen LogP contribution < -0.4 is 15.4 Å². The highest BCUT2D eigenvalue weighted by Gasteiger charge is 2.09. The molecule has 0 aliphatic heterocycles. The van der Waals surface area contributed by atoms with Crippen LogP contribution in [-0.4, -0.2) is 36.1 Å². The molecule has 0 radical (unpaired) electrons. The molecule has 1 heterocycles. The van der Waals surface area contributed by atoms with E-state index in [9.17, 15) is 9.59 Å². The lowest BCUT2D eigenvalue weighted by molar-refractivity contribution is 0.0600. The van der Waals surface area contributed by atoms with Crippen LogP contribution >= 0.6 is 0 Å². The fourth-order valence-corrected chi connectivity index (χ4v) is 2.32. The molecule has 1 aromatic heterocycles. The average molecular weight is 378 g/mol. The van der Waals surface area contributed by atoms with Crippen molar-refractivity contribution in [3.8, 4) is 5.75 Å². The van der Waals surface area contributed by atoms with Gasteiger partial charge in [-0.2, -0.15) is 0 Å². The summed E-state index contributed by atoms with van der Waals surface area (Å²) in [6.45, 7) is 0. The van der Waals surface area contributed by atoms with E-state index < -0.39 is 5.97 Å². The molecule has 3 rings (SSSR count). The van der Waals surface area contributed by atoms with E-state index in [4.69, 9.17) is 4.74 Å². The molecule has 8 nitrogen and oxygen atoms in total. The Morgan fingerprint density at radius 2 is 1.43 bits per heavy atom. The Labute approximate surface area is 161 Å². The summed E-state index contributed by atoms with van der Waals surface area (Å²) in [5.74, 6) is 0.315. The standard InChI is InChI=1S/C20H18N4O4/c1-27-17-9-7-16(8-10-17)24-20-21-11-14(12-22-20)18(25)23-15-5-3-13(4-6-15)19(26)28-2/h3-12H,1-2H3,(H,23,25)(H,21,22,24). The van der Waals surface area contributed by atoms with Crippen LogP contribution in [0.25, 0.3) is 0 Å². The number of ether oxygens (including phenoxy) is 2. The molecule has 142 valence electrons. The van der Waals surface area contributed by atoms with Crippen molar-refractivity contribution in [3.05, 3.63) is 72.1 Å². The van der Waals surface area contributed by atoms with Gasteiger partial charge in [-0.05, 0) is 48.5 Å². The topological polar surface area (TPSA) is 102 Å². The first-order chi connectivity index (χ1) is 13.6. The van der Waals surface area contributed by atoms with Crippen molar-refractivity contribution in [1.29, 1.82) is 0 Å². The van der Waals surface area contributed by atoms with E-state index in [1.807, 2.05) is 24.3 Å². The minimum Gasteiger partial charge on any atom is -0.497 e. The van der Waals surface area contributed by atoms with Crippen LogP contribution in [-0.2, 0) is 4.74 Å². The first-order valence-electron chi connectivity index (χ1n) is 8.32. The van der Waals surface area contributed by atoms with Gasteiger partial charge in [0, 0.05) is 23.8 Å². The zero-order valence-electron chi connectivity index (χ0n) is 15.3. The van der Waals surface area contributed by atoms with Crippen LogP contribution in [0.1, 0.15) is 20.7 Å². The molecule has 0 saturated carbocycles. The SMILES string of the molecule is COC(=O)c1ccc(NC(=O)c2cnc(Nc3ccc(OC)cc3)nc2)cc1. The second-order valence-corrected chi connectivity index (χ2v) is 5.67. The summed E-state index contributed by atoms with van der Waals surface area (Å²) in [5.41, 5.74) is 2.04. The van der Waals surface area contributed by atoms with Gasteiger partial charge in [-0.3, -0.25) is 4.79 Å². The number of carbonyl (C=O) groups is 2. The van der Waals surface area contributed by atoms with Crippen molar-refractivity contribution in [3.63, 3.8) is 0 Å². The molecule has 0 atom stereocenters. The van der Waals surface area contributed by atoms with E-state index in [-0.39, 0.29) is 5.91 Å². The van der Waals surface area contributed by atoms with Crippen molar-refractivity contribution in [2.45, 2.75) is 0 Å². The van der Waals surface area contributed by atoms with E-state index >= 15 is 0 Å². The van der Waals surface area contributed by atoms with Crippen LogP contribution in [0.4, 0.5) is 17.3 Å². The Kier molecular flexibility index (Phi) is 5.81. The van der Waals surface area contributed by atoms with E-state index in [0.29, 0.717) is 22.8 Å². The van der Waals surface area contributed by atoms with E-state index in [0.717, 1.165) is 11.4 Å². The van der Waals surface area contributed by atoms with Crippen LogP contribution in [0.3, 0.4) is 0 Å². The fraction of sp³-hybridized carbons (Fsp3) is 0.100. The van der Waals surface area contributed by atoms with Crippen molar-refractivity contribution < 1.29 is 19.1 Å². The minimum atomic E-state index is -0.439. The second-order valence-electron chi connectivity index (χ2n) is 5.67. The molecular weight excluding hydrogens is 360 g/mol. The van der Waals surface area contributed by atoms with Crippen molar-refractivity contribution in [2.75, 3.05) is 24.9 Å². The maximum absolute atomic E-state index is 12.3. The summed E-state index contributed by atoms with van der Waals surface area (Å²) in [7, 11) is 2.91. The van der Waals surface area contributed by atoms with Gasteiger partial charge in [0.2, 0.25) is 5.95 Å². The number of methoxy groups -OCH3 is 2. The largest absolute Gasteiger partial charge is 0.497 e. The molecule has 0 saturated heterocycles. The number of nitrogens with one attached hydrogen (secondary N) is 2. The molecular formula is C20H18N4O4. The predicted octanol–water partition coefficient (Wildman–Crippen LogP) is 3.27. The monoisotopic (exact) mass is 378 g/mol. The summed E-state index contributed by atoms with van der Waals surface area (Å²) in [6.07, 6.45) is 2.86. The smallest absolute Gasteiger partial charge is 0.337 e. The van der Waals surface area contributed by atoms with Crippen molar-refractivity contribution in [2.24, 2.45) is 0 Å². The van der Waals surface area contributed by atoms with Gasteiger partial charge in [-0.1, -0.05) is 0 Å². The third-order valence-corrected chi connectivity index (χ3v) is 3.82. The Balaban J connectivity index is 1.62. The number of hydrogen-bond donors (Lipinski definition) is 2. The molecule has 0 unspecified atom stereocenters. The van der Waals surface area contributed by atoms with Crippen LogP contribution in [0, 0.1) is 0 Å². The van der Waals surface area contributed by atoms with Gasteiger partial charge in [-0.25, -0.2) is 14.8 Å². The Hall–Kier alpha value is -3.94. The number of nitrogens with zero attached hydrogens (tertiary/aromatic N) is 2. The number of esters is 1. The van der Waals surface area contributed by atoms with Crippen LogP contribution in [0.5, 0.6) is 5.75 Å². The normalized spacial score (nSPS) is 10.1. The zero-order chi connectivity index (χ0) is 19.9. The lowest BCUT2D eigenvalue weighted by Crippen LogP contribution is -2.13. The third kappa shape index (κ3) is 4.61. The minimum absolute atomic E-state index is 0.303. The number of aromatic nitrogens is 2. The number of rotatable bonds is 6. The summed E-state index contributed by atoms with van der Waals surface area (Å²) in [4.78, 5) is 32.0. The van der Waals surface area contributed by atoms with Gasteiger partial charge >= 0.3 is 5.97 Å². The predicted molar refractivity (Wildman–Crippen MR) is 104 cm³/mol. The highest BCUT2D eigenvalue weighted by Crippen LogP contribution is 2.18. The number of hydrogen-bond acceptors (Lipinski definition) is 7. The Morgan fingerprint density at radius 3 is 2.00 bits per heavy atom. The lowest BCUT2D eigenvalue weighted by Gasteiger charge is -2.08. The van der Waals surface area contributed by atoms with E-state index in [1.54, 1.807) is 31.4 Å². The molecule has 2 aromatic carbocycles. The maximum Gasteiger partial charge on any atom is 0.337 e. The molecule has 2 N–H and O–H groups in total. The highest BCUT2D eigenvalue weighted by atomic mass is 16.5. The fourth-order valence-electron chi connectivity index (χ4n) is 2.32. The summed E-state index contributed by atoms with van der Waals surface area (Å²) in [6, 6.07) is 13.7. The molecule has 0 spiro atoms. The first-order valence-corrected chi connectivity index (χ1v) is 8.32. The van der Waals surface area contributed by atoms with Crippen molar-refractivity contribution >= 4 is 29.2 Å². The van der Waals surface area contributed by atoms with Gasteiger partial charge in [0.1, 0.15) is 5.75 Å². The Morgan fingerprint density at radius 1 is 0.821 bits per heavy atom. The van der Waals surface area contributed by atoms with Gasteiger partial charge in [0.15, 0.2) is 0 Å². The molecule has 3 aromatic rings. The Bertz CT molecular complexity index is 955. The maximum atomic E-state index is 12.3. The first kappa shape index (κ1) is 18.8. The van der Waals surface area contributed by atoms with Gasteiger partial charge in [0.05, 0.1) is 25.3 Å². The second kappa shape index (κ2) is 8.63. The third-order valence-electron chi connectivity index (χ3n) is 3.82. The summed E-state index contributed by atoms with van der Waals surface area (Å²) < 4.78 is 9.74. The number of amides is 1. The molecule has 28 heavy (non-hydrogen) atoms. The van der Waals surface area contributed by atoms with Gasteiger partial charge < -0.3 is 20.1 Å². The molecule has 0 aliphatic rings. The van der Waals surface area contributed by atoms with Crippen LogP contribution in [0.15, 0.2) is 60.9 Å². The highest BCUT2D eigenvalue weighted by molar-refractivity contribution is 6.04. The zero-order valence-corrected chi connectivity index (χ0v) is 15.3. The van der Waals surface area contributed by atoms with E-state index in [1.165, 1.54) is 19.5 Å². The lowest BCUT2D eigenvalue weighted by atomic mass is 10.2. The number of anilines is 3.